The summed E-state index contributed by atoms with van der Waals surface area (Å²) in [4.78, 5) is 0. The highest BCUT2D eigenvalue weighted by atomic mass is 16.5. The molecule has 16 heteroatoms. The third kappa shape index (κ3) is 61.5. The highest BCUT2D eigenvalue weighted by Crippen LogP contribution is 2.25. The average Bonchev–Trinajstić information content (AvgIpc) is 3.71. The van der Waals surface area contributed by atoms with Crippen molar-refractivity contribution in [3.05, 3.63) is 0 Å². The second-order valence-corrected chi connectivity index (χ2v) is 23.9. The minimum atomic E-state index is -0.192. The Morgan fingerprint density at radius 1 is 0.136 bits per heavy atom. The predicted molar refractivity (Wildman–Crippen MR) is 366 cm³/mol. The van der Waals surface area contributed by atoms with Crippen molar-refractivity contribution < 1.29 is 75.8 Å². The van der Waals surface area contributed by atoms with Gasteiger partial charge < -0.3 is 75.8 Å². The van der Waals surface area contributed by atoms with E-state index >= 15 is 0 Å². The van der Waals surface area contributed by atoms with Crippen LogP contribution in [-0.4, -0.2) is 211 Å². The lowest BCUT2D eigenvalue weighted by Crippen LogP contribution is -2.42. The van der Waals surface area contributed by atoms with Gasteiger partial charge in [-0.3, -0.25) is 0 Å². The van der Waals surface area contributed by atoms with Gasteiger partial charge in [0.2, 0.25) is 0 Å². The van der Waals surface area contributed by atoms with Crippen molar-refractivity contribution in [2.75, 3.05) is 211 Å². The fraction of sp³-hybridized carbons (Fsp3) is 1.00. The van der Waals surface area contributed by atoms with E-state index in [0.29, 0.717) is 145 Å². The van der Waals surface area contributed by atoms with E-state index < -0.39 is 0 Å². The van der Waals surface area contributed by atoms with Crippen molar-refractivity contribution in [1.82, 2.24) is 0 Å². The first kappa shape index (κ1) is 93.8. The van der Waals surface area contributed by atoms with E-state index in [4.69, 9.17) is 75.8 Å². The molecule has 0 amide bonds. The summed E-state index contributed by atoms with van der Waals surface area (Å²) in [6, 6.07) is 0. The van der Waals surface area contributed by atoms with E-state index in [0.717, 1.165) is 194 Å². The summed E-state index contributed by atoms with van der Waals surface area (Å²) >= 11 is 0. The minimum absolute atomic E-state index is 0.185. The number of ether oxygens (including phenoxy) is 16. The monoisotopic (exact) mass is 1270 g/mol. The van der Waals surface area contributed by atoms with E-state index in [1.807, 2.05) is 41.5 Å². The zero-order valence-corrected chi connectivity index (χ0v) is 61.3. The van der Waals surface area contributed by atoms with E-state index in [9.17, 15) is 0 Å². The van der Waals surface area contributed by atoms with Crippen LogP contribution in [0, 0.1) is 21.7 Å². The quantitative estimate of drug-likeness (QED) is 0.0531. The maximum Gasteiger partial charge on any atom is 0.0637 e. The Kier molecular flexibility index (Phi) is 80.3. The Balaban J connectivity index is -0.000000537. The van der Waals surface area contributed by atoms with Crippen LogP contribution in [0.5, 0.6) is 0 Å². The molecule has 0 aliphatic rings. The second kappa shape index (κ2) is 75.4. The minimum Gasteiger partial charge on any atom is -0.381 e. The van der Waals surface area contributed by atoms with Crippen LogP contribution in [0.25, 0.3) is 0 Å². The van der Waals surface area contributed by atoms with Gasteiger partial charge in [-0.15, -0.1) is 0 Å². The van der Waals surface area contributed by atoms with Crippen molar-refractivity contribution in [2.24, 2.45) is 21.7 Å². The highest BCUT2D eigenvalue weighted by Gasteiger charge is 2.35. The van der Waals surface area contributed by atoms with Crippen LogP contribution in [0.2, 0.25) is 0 Å². The molecule has 0 aromatic heterocycles. The Morgan fingerprint density at radius 3 is 0.307 bits per heavy atom. The molecule has 0 heterocycles. The molecule has 0 spiro atoms. The molecule has 0 aliphatic carbocycles. The van der Waals surface area contributed by atoms with Crippen LogP contribution >= 0.6 is 0 Å². The first-order chi connectivity index (χ1) is 43.0. The standard InChI is InChI=1S/C21H44O4.C19H40O4.C17H36O4.C15H32O4/c1-5-9-13-22-17-21(18-23-14-10-6-2,19-24-15-11-7-3)20-25-16-12-8-4;1-5-9-12-21-16-19(15-20-8-4,17-22-13-10-6-2)18-23-14-11-7-3;1-5-9-11-20-15-17(13-18-7-3,14-19-8-4)16-21-12-10-6-2;1-5-9-10-19-14-15(11-16-6-2,12-17-7-3)13-18-8-4/h5-20H2,1-4H3;5-18H2,1-4H3;5-16H2,1-4H3;5-14H2,1-4H3. The van der Waals surface area contributed by atoms with E-state index in [1.165, 1.54) is 0 Å². The molecule has 0 radical (unpaired) electrons. The van der Waals surface area contributed by atoms with Crippen LogP contribution in [0.4, 0.5) is 0 Å². The molecule has 0 aromatic carbocycles. The van der Waals surface area contributed by atoms with Crippen molar-refractivity contribution in [2.45, 2.75) is 239 Å². The first-order valence-corrected chi connectivity index (χ1v) is 36.2. The summed E-state index contributed by atoms with van der Waals surface area (Å²) in [5.74, 6) is 0. The van der Waals surface area contributed by atoms with Gasteiger partial charge in [0.1, 0.15) is 0 Å². The van der Waals surface area contributed by atoms with Crippen LogP contribution in [0.15, 0.2) is 0 Å². The lowest BCUT2D eigenvalue weighted by atomic mass is 9.92. The zero-order chi connectivity index (χ0) is 66.1. The van der Waals surface area contributed by atoms with Gasteiger partial charge >= 0.3 is 0 Å². The largest absolute Gasteiger partial charge is 0.381 e. The molecule has 536 valence electrons. The lowest BCUT2D eigenvalue weighted by molar-refractivity contribution is -0.107. The lowest BCUT2D eigenvalue weighted by Gasteiger charge is -2.33. The third-order valence-corrected chi connectivity index (χ3v) is 14.2. The molecule has 16 nitrogen and oxygen atoms in total. The van der Waals surface area contributed by atoms with Crippen molar-refractivity contribution in [3.8, 4) is 0 Å². The Labute approximate surface area is 545 Å². The first-order valence-electron chi connectivity index (χ1n) is 36.2. The molecule has 0 bridgehead atoms. The number of hydrogen-bond donors (Lipinski definition) is 0. The van der Waals surface area contributed by atoms with Gasteiger partial charge in [0.15, 0.2) is 0 Å². The van der Waals surface area contributed by atoms with Crippen LogP contribution in [0.1, 0.15) is 239 Å². The SMILES string of the molecule is CCCCOCC(COCC)(COCC)COCC.CCCCOCC(COCC)(COCC)COCCCC.CCCCOCC(COCC)(COCCCC)COCCCC.CCCCOCC(COCCCC)(COCCCC)COCCCC. The van der Waals surface area contributed by atoms with E-state index in [1.54, 1.807) is 0 Å². The summed E-state index contributed by atoms with van der Waals surface area (Å²) < 4.78 is 93.0. The van der Waals surface area contributed by atoms with Crippen LogP contribution < -0.4 is 0 Å². The highest BCUT2D eigenvalue weighted by molar-refractivity contribution is 4.82. The van der Waals surface area contributed by atoms with Gasteiger partial charge in [-0.1, -0.05) is 133 Å². The number of unbranched alkanes of at least 4 members (excludes halogenated alkanes) is 10. The molecule has 88 heavy (non-hydrogen) atoms. The van der Waals surface area contributed by atoms with Gasteiger partial charge in [0.05, 0.1) is 127 Å². The molecule has 0 N–H and O–H groups in total. The third-order valence-electron chi connectivity index (χ3n) is 14.2. The van der Waals surface area contributed by atoms with E-state index in [2.05, 4.69) is 69.2 Å². The van der Waals surface area contributed by atoms with Crippen LogP contribution in [0.3, 0.4) is 0 Å². The van der Waals surface area contributed by atoms with Gasteiger partial charge in [-0.25, -0.2) is 0 Å². The Bertz CT molecular complexity index is 1120. The number of hydrogen-bond acceptors (Lipinski definition) is 16. The van der Waals surface area contributed by atoms with Crippen molar-refractivity contribution >= 4 is 0 Å². The topological polar surface area (TPSA) is 148 Å². The molecule has 0 saturated carbocycles. The average molecular weight is 1270 g/mol. The molecule has 0 aliphatic heterocycles. The van der Waals surface area contributed by atoms with Crippen LogP contribution in [-0.2, 0) is 75.8 Å². The van der Waals surface area contributed by atoms with Gasteiger partial charge in [0.25, 0.3) is 0 Å². The smallest absolute Gasteiger partial charge is 0.0637 e. The molecule has 0 rings (SSSR count). The summed E-state index contributed by atoms with van der Waals surface area (Å²) in [6.07, 6.45) is 22.5. The summed E-state index contributed by atoms with van der Waals surface area (Å²) in [7, 11) is 0. The fourth-order valence-electron chi connectivity index (χ4n) is 8.26. The van der Waals surface area contributed by atoms with E-state index in [-0.39, 0.29) is 21.7 Å². The maximum atomic E-state index is 5.97. The summed E-state index contributed by atoms with van der Waals surface area (Å²) in [6.45, 7) is 56.3. The molecule has 0 aromatic rings. The molecule has 0 unspecified atom stereocenters. The van der Waals surface area contributed by atoms with Crippen molar-refractivity contribution in [1.29, 1.82) is 0 Å². The molecule has 0 atom stereocenters. The Hall–Kier alpha value is -0.640. The second-order valence-electron chi connectivity index (χ2n) is 23.9. The molecule has 0 saturated heterocycles. The molecular formula is C72H152O16. The summed E-state index contributed by atoms with van der Waals surface area (Å²) in [5.41, 5.74) is -0.753. The summed E-state index contributed by atoms with van der Waals surface area (Å²) in [5, 5.41) is 0. The Morgan fingerprint density at radius 2 is 0.227 bits per heavy atom. The van der Waals surface area contributed by atoms with Gasteiger partial charge in [0, 0.05) is 106 Å². The van der Waals surface area contributed by atoms with Gasteiger partial charge in [-0.05, 0) is 106 Å². The normalized spacial score (nSPS) is 12.0. The predicted octanol–water partition coefficient (Wildman–Crippen LogP) is 16.3. The number of rotatable bonds is 68. The fourth-order valence-corrected chi connectivity index (χ4v) is 8.26. The van der Waals surface area contributed by atoms with Crippen molar-refractivity contribution in [3.63, 3.8) is 0 Å². The maximum absolute atomic E-state index is 5.97. The molecule has 0 fully saturated rings. The van der Waals surface area contributed by atoms with Gasteiger partial charge in [-0.2, -0.15) is 0 Å². The zero-order valence-electron chi connectivity index (χ0n) is 61.3. The molecular weight excluding hydrogens is 1120 g/mol.